The van der Waals surface area contributed by atoms with Gasteiger partial charge in [0.25, 0.3) is 0 Å². The molecule has 2 aromatic rings. The minimum atomic E-state index is -0.264. The summed E-state index contributed by atoms with van der Waals surface area (Å²) in [6.07, 6.45) is 0. The molecule has 4 N–H and O–H groups in total. The fourth-order valence-electron chi connectivity index (χ4n) is 1.63. The van der Waals surface area contributed by atoms with E-state index in [2.05, 4.69) is 5.11 Å². The second-order valence-corrected chi connectivity index (χ2v) is 3.34. The van der Waals surface area contributed by atoms with Crippen molar-refractivity contribution >= 4 is 16.6 Å². The number of nitrogens with zero attached hydrogens (tertiary/aromatic N) is 2. The van der Waals surface area contributed by atoms with E-state index in [9.17, 15) is 10.2 Å². The lowest BCUT2D eigenvalue weighted by atomic mass is 10.1. The molecule has 7 nitrogen and oxygen atoms in total. The average molecular weight is 234 g/mol. The molecule has 0 atom stereocenters. The smallest absolute Gasteiger partial charge is 0.237 e. The Balaban J connectivity index is 2.74. The summed E-state index contributed by atoms with van der Waals surface area (Å²) in [5.74, 6) is -0.712. The summed E-state index contributed by atoms with van der Waals surface area (Å²) in [6.45, 7) is 0. The van der Waals surface area contributed by atoms with Crippen molar-refractivity contribution in [2.24, 2.45) is 5.11 Å². The van der Waals surface area contributed by atoms with Crippen molar-refractivity contribution in [1.29, 1.82) is 10.9 Å². The molecule has 0 aliphatic carbocycles. The van der Waals surface area contributed by atoms with Gasteiger partial charge in [0.2, 0.25) is 11.8 Å². The van der Waals surface area contributed by atoms with Gasteiger partial charge in [-0.1, -0.05) is 6.07 Å². The topological polar surface area (TPSA) is 115 Å². The number of benzene rings is 1. The molecule has 2 rings (SSSR count). The molecule has 0 unspecified atom stereocenters. The van der Waals surface area contributed by atoms with E-state index in [1.54, 1.807) is 0 Å². The van der Waals surface area contributed by atoms with E-state index in [1.807, 2.05) is 0 Å². The van der Waals surface area contributed by atoms with E-state index in [1.165, 1.54) is 25.3 Å². The normalized spacial score (nSPS) is 10.4. The molecule has 1 aromatic carbocycles. The third-order valence-corrected chi connectivity index (χ3v) is 2.45. The Morgan fingerprint density at radius 3 is 2.53 bits per heavy atom. The highest BCUT2D eigenvalue weighted by Gasteiger charge is 2.17. The van der Waals surface area contributed by atoms with E-state index in [0.29, 0.717) is 16.3 Å². The standard InChI is InChI=1S/C10H10N4O3/c1-17-14-9(15)6-3-2-5(8(11)13-12)4-7(6)10(14)16/h2-4,11-12,15-16H,1H3. The van der Waals surface area contributed by atoms with Gasteiger partial charge in [0.05, 0.1) is 10.8 Å². The Hall–Kier alpha value is -2.57. The minimum absolute atomic E-state index is 0.221. The van der Waals surface area contributed by atoms with Crippen LogP contribution in [0.25, 0.3) is 10.8 Å². The fourth-order valence-corrected chi connectivity index (χ4v) is 1.63. The molecule has 0 bridgehead atoms. The predicted octanol–water partition coefficient (Wildman–Crippen LogP) is 1.47. The lowest BCUT2D eigenvalue weighted by Crippen LogP contribution is -2.03. The van der Waals surface area contributed by atoms with Gasteiger partial charge in [-0.05, 0) is 12.1 Å². The SMILES string of the molecule is COn1c(O)c2ccc(C(=N)N=N)cc2c1O. The second kappa shape index (κ2) is 3.78. The summed E-state index contributed by atoms with van der Waals surface area (Å²) < 4.78 is 0.871. The fraction of sp³-hybridized carbons (Fsp3) is 0.100. The van der Waals surface area contributed by atoms with Gasteiger partial charge in [-0.25, -0.2) is 5.53 Å². The van der Waals surface area contributed by atoms with Crippen LogP contribution in [-0.4, -0.2) is 27.9 Å². The van der Waals surface area contributed by atoms with Crippen LogP contribution in [0, 0.1) is 10.9 Å². The van der Waals surface area contributed by atoms with E-state index >= 15 is 0 Å². The minimum Gasteiger partial charge on any atom is -0.492 e. The first-order chi connectivity index (χ1) is 8.10. The molecule has 0 saturated heterocycles. The summed E-state index contributed by atoms with van der Waals surface area (Å²) in [5.41, 5.74) is 7.12. The number of aromatic nitrogens is 1. The zero-order valence-corrected chi connectivity index (χ0v) is 8.93. The summed E-state index contributed by atoms with van der Waals surface area (Å²) >= 11 is 0. The van der Waals surface area contributed by atoms with Crippen molar-refractivity contribution in [2.45, 2.75) is 0 Å². The molecular formula is C10H10N4O3. The molecule has 0 spiro atoms. The highest BCUT2D eigenvalue weighted by molar-refractivity contribution is 6.02. The first-order valence-corrected chi connectivity index (χ1v) is 4.67. The number of rotatable bonds is 2. The predicted molar refractivity (Wildman–Crippen MR) is 59.7 cm³/mol. The van der Waals surface area contributed by atoms with Gasteiger partial charge in [0, 0.05) is 5.56 Å². The Morgan fingerprint density at radius 2 is 1.94 bits per heavy atom. The van der Waals surface area contributed by atoms with Crippen LogP contribution in [0.15, 0.2) is 23.3 Å². The van der Waals surface area contributed by atoms with Crippen molar-refractivity contribution in [1.82, 2.24) is 4.73 Å². The number of aromatic hydroxyl groups is 2. The molecule has 0 aliphatic heterocycles. The quantitative estimate of drug-likeness (QED) is 0.358. The zero-order valence-electron chi connectivity index (χ0n) is 8.93. The molecule has 1 aromatic heterocycles. The van der Waals surface area contributed by atoms with Crippen molar-refractivity contribution in [2.75, 3.05) is 7.11 Å². The Bertz CT molecular complexity index is 618. The van der Waals surface area contributed by atoms with E-state index < -0.39 is 0 Å². The molecule has 7 heteroatoms. The van der Waals surface area contributed by atoms with Crippen LogP contribution in [0.1, 0.15) is 5.56 Å². The lowest BCUT2D eigenvalue weighted by molar-refractivity contribution is 0.121. The number of fused-ring (bicyclic) bond motifs is 1. The summed E-state index contributed by atoms with van der Waals surface area (Å²) in [7, 11) is 1.31. The Labute approximate surface area is 95.8 Å². The van der Waals surface area contributed by atoms with Crippen LogP contribution in [0.4, 0.5) is 0 Å². The van der Waals surface area contributed by atoms with Crippen molar-refractivity contribution < 1.29 is 15.1 Å². The zero-order chi connectivity index (χ0) is 12.6. The van der Waals surface area contributed by atoms with Crippen LogP contribution in [0.5, 0.6) is 11.8 Å². The highest BCUT2D eigenvalue weighted by atomic mass is 16.7. The van der Waals surface area contributed by atoms with Gasteiger partial charge in [-0.2, -0.15) is 0 Å². The number of hydrogen-bond donors (Lipinski definition) is 4. The number of hydrogen-bond acceptors (Lipinski definition) is 5. The third-order valence-electron chi connectivity index (χ3n) is 2.45. The maximum absolute atomic E-state index is 9.78. The van der Waals surface area contributed by atoms with E-state index in [-0.39, 0.29) is 17.6 Å². The van der Waals surface area contributed by atoms with Crippen molar-refractivity contribution in [3.8, 4) is 11.8 Å². The van der Waals surface area contributed by atoms with Crippen molar-refractivity contribution in [3.05, 3.63) is 23.8 Å². The maximum Gasteiger partial charge on any atom is 0.237 e. The molecule has 0 amide bonds. The molecule has 1 heterocycles. The number of amidine groups is 1. The van der Waals surface area contributed by atoms with Crippen LogP contribution in [0.3, 0.4) is 0 Å². The molecule has 17 heavy (non-hydrogen) atoms. The second-order valence-electron chi connectivity index (χ2n) is 3.34. The Morgan fingerprint density at radius 1 is 1.29 bits per heavy atom. The molecule has 0 radical (unpaired) electrons. The molecule has 0 aliphatic rings. The summed E-state index contributed by atoms with van der Waals surface area (Å²) in [4.78, 5) is 4.79. The highest BCUT2D eigenvalue weighted by Crippen LogP contribution is 2.35. The molecule has 0 saturated carbocycles. The first-order valence-electron chi connectivity index (χ1n) is 4.67. The Kier molecular flexibility index (Phi) is 2.43. The summed E-state index contributed by atoms with van der Waals surface area (Å²) in [5, 5.41) is 30.6. The van der Waals surface area contributed by atoms with Gasteiger partial charge in [-0.15, -0.1) is 9.84 Å². The van der Waals surface area contributed by atoms with E-state index in [4.69, 9.17) is 15.8 Å². The third kappa shape index (κ3) is 1.48. The van der Waals surface area contributed by atoms with E-state index in [0.717, 1.165) is 4.73 Å². The van der Waals surface area contributed by atoms with Gasteiger partial charge in [0.1, 0.15) is 7.11 Å². The number of nitrogens with one attached hydrogen (secondary N) is 2. The van der Waals surface area contributed by atoms with Crippen LogP contribution >= 0.6 is 0 Å². The van der Waals surface area contributed by atoms with Gasteiger partial charge >= 0.3 is 0 Å². The van der Waals surface area contributed by atoms with Gasteiger partial charge in [0.15, 0.2) is 5.84 Å². The van der Waals surface area contributed by atoms with Crippen LogP contribution in [0.2, 0.25) is 0 Å². The molecule has 0 fully saturated rings. The monoisotopic (exact) mass is 234 g/mol. The molecular weight excluding hydrogens is 224 g/mol. The van der Waals surface area contributed by atoms with Crippen LogP contribution < -0.4 is 4.84 Å². The van der Waals surface area contributed by atoms with Gasteiger partial charge < -0.3 is 15.1 Å². The van der Waals surface area contributed by atoms with Gasteiger partial charge in [-0.3, -0.25) is 5.41 Å². The lowest BCUT2D eigenvalue weighted by Gasteiger charge is -2.01. The largest absolute Gasteiger partial charge is 0.492 e. The average Bonchev–Trinajstić information content (AvgIpc) is 2.60. The maximum atomic E-state index is 9.78. The molecule has 88 valence electrons. The summed E-state index contributed by atoms with van der Waals surface area (Å²) in [6, 6.07) is 4.51. The van der Waals surface area contributed by atoms with Crippen molar-refractivity contribution in [3.63, 3.8) is 0 Å². The first kappa shape index (κ1) is 10.9. The van der Waals surface area contributed by atoms with Crippen LogP contribution in [-0.2, 0) is 0 Å².